The Morgan fingerprint density at radius 3 is 2.24 bits per heavy atom. The predicted octanol–water partition coefficient (Wildman–Crippen LogP) is 2.23. The van der Waals surface area contributed by atoms with E-state index in [0.29, 0.717) is 5.56 Å². The van der Waals surface area contributed by atoms with Gasteiger partial charge in [-0.05, 0) is 29.8 Å². The van der Waals surface area contributed by atoms with E-state index in [1.807, 2.05) is 0 Å². The number of hydrogen-bond donors (Lipinski definition) is 1. The van der Waals surface area contributed by atoms with E-state index in [1.54, 1.807) is 12.1 Å². The summed E-state index contributed by atoms with van der Waals surface area (Å²) in [5, 5.41) is 17.9. The zero-order valence-electron chi connectivity index (χ0n) is 17.1. The van der Waals surface area contributed by atoms with Crippen LogP contribution in [0.4, 0.5) is 8.78 Å². The highest BCUT2D eigenvalue weighted by atomic mass is 32.2. The number of aliphatic hydroxyl groups is 1. The van der Waals surface area contributed by atoms with Crippen molar-refractivity contribution >= 4 is 10.0 Å². The highest BCUT2D eigenvalue weighted by Crippen LogP contribution is 2.42. The SMILES string of the molecule is O=S1(=O)c2cc(-c3nnc(C(F)F)o3)ccc2CN1C(c1ncccn1)C(O)c1ncccn1. The summed E-state index contributed by atoms with van der Waals surface area (Å²) < 4.78 is 58.7. The Morgan fingerprint density at radius 1 is 0.971 bits per heavy atom. The lowest BCUT2D eigenvalue weighted by Crippen LogP contribution is -2.35. The lowest BCUT2D eigenvalue weighted by molar-refractivity contribution is 0.0763. The predicted molar refractivity (Wildman–Crippen MR) is 109 cm³/mol. The first kappa shape index (κ1) is 22.1. The number of hydrogen-bond acceptors (Lipinski definition) is 10. The molecule has 0 aliphatic carbocycles. The summed E-state index contributed by atoms with van der Waals surface area (Å²) in [7, 11) is -4.19. The van der Waals surface area contributed by atoms with Gasteiger partial charge in [-0.15, -0.1) is 10.2 Å². The van der Waals surface area contributed by atoms with Crippen molar-refractivity contribution in [2.75, 3.05) is 0 Å². The molecule has 0 radical (unpaired) electrons. The summed E-state index contributed by atoms with van der Waals surface area (Å²) in [6.45, 7) is -0.100. The van der Waals surface area contributed by atoms with Crippen LogP contribution >= 0.6 is 0 Å². The highest BCUT2D eigenvalue weighted by Gasteiger charge is 2.45. The second kappa shape index (κ2) is 8.55. The minimum absolute atomic E-state index is 0.00260. The first-order valence-corrected chi connectivity index (χ1v) is 11.3. The number of aromatic nitrogens is 6. The van der Waals surface area contributed by atoms with E-state index in [0.717, 1.165) is 4.31 Å². The summed E-state index contributed by atoms with van der Waals surface area (Å²) in [6, 6.07) is 6.16. The Bertz CT molecular complexity index is 1420. The van der Waals surface area contributed by atoms with Crippen LogP contribution in [0.1, 0.15) is 41.7 Å². The van der Waals surface area contributed by atoms with Gasteiger partial charge >= 0.3 is 6.43 Å². The van der Waals surface area contributed by atoms with Crippen LogP contribution in [0.5, 0.6) is 0 Å². The molecular formula is C20H15F2N7O4S. The summed E-state index contributed by atoms with van der Waals surface area (Å²) >= 11 is 0. The fourth-order valence-corrected chi connectivity index (χ4v) is 5.43. The summed E-state index contributed by atoms with van der Waals surface area (Å²) in [6.07, 6.45) is 1.27. The van der Waals surface area contributed by atoms with Crippen molar-refractivity contribution in [2.24, 2.45) is 0 Å². The van der Waals surface area contributed by atoms with Crippen LogP contribution in [0.3, 0.4) is 0 Å². The molecule has 0 saturated carbocycles. The van der Waals surface area contributed by atoms with Gasteiger partial charge in [0.05, 0.1) is 4.90 Å². The Labute approximate surface area is 191 Å². The van der Waals surface area contributed by atoms with Gasteiger partial charge in [-0.1, -0.05) is 6.07 Å². The fourth-order valence-electron chi connectivity index (χ4n) is 3.62. The Kier molecular flexibility index (Phi) is 5.55. The molecule has 0 fully saturated rings. The molecule has 4 aromatic rings. The van der Waals surface area contributed by atoms with Gasteiger partial charge in [0.15, 0.2) is 5.82 Å². The maximum absolute atomic E-state index is 13.6. The van der Waals surface area contributed by atoms with Crippen LogP contribution in [-0.2, 0) is 16.6 Å². The van der Waals surface area contributed by atoms with Crippen molar-refractivity contribution in [1.82, 2.24) is 34.4 Å². The van der Waals surface area contributed by atoms with Crippen LogP contribution in [0, 0.1) is 0 Å². The van der Waals surface area contributed by atoms with Gasteiger partial charge in [-0.3, -0.25) is 0 Å². The van der Waals surface area contributed by atoms with E-state index in [2.05, 4.69) is 30.1 Å². The van der Waals surface area contributed by atoms with Gasteiger partial charge in [0.1, 0.15) is 18.0 Å². The number of nitrogens with zero attached hydrogens (tertiary/aromatic N) is 7. The van der Waals surface area contributed by atoms with Crippen molar-refractivity contribution in [3.05, 3.63) is 78.2 Å². The van der Waals surface area contributed by atoms with Gasteiger partial charge in [0.25, 0.3) is 5.89 Å². The summed E-state index contributed by atoms with van der Waals surface area (Å²) in [5.41, 5.74) is 0.572. The van der Waals surface area contributed by atoms with E-state index in [-0.39, 0.29) is 34.5 Å². The molecule has 4 heterocycles. The average molecular weight is 487 g/mol. The van der Waals surface area contributed by atoms with Gasteiger partial charge in [-0.2, -0.15) is 13.1 Å². The van der Waals surface area contributed by atoms with Crippen LogP contribution in [-0.4, -0.2) is 48.0 Å². The lowest BCUT2D eigenvalue weighted by atomic mass is 10.1. The summed E-state index contributed by atoms with van der Waals surface area (Å²) in [5.74, 6) is -1.06. The number of aliphatic hydroxyl groups excluding tert-OH is 1. The van der Waals surface area contributed by atoms with E-state index in [9.17, 15) is 22.3 Å². The second-order valence-corrected chi connectivity index (χ2v) is 9.08. The molecule has 34 heavy (non-hydrogen) atoms. The quantitative estimate of drug-likeness (QED) is 0.429. The second-order valence-electron chi connectivity index (χ2n) is 7.22. The Hall–Kier alpha value is -3.75. The number of fused-ring (bicyclic) bond motifs is 1. The number of sulfonamides is 1. The van der Waals surface area contributed by atoms with Crippen molar-refractivity contribution in [1.29, 1.82) is 0 Å². The molecule has 0 spiro atoms. The van der Waals surface area contributed by atoms with Crippen LogP contribution in [0.2, 0.25) is 0 Å². The molecule has 2 atom stereocenters. The third kappa shape index (κ3) is 3.81. The smallest absolute Gasteiger partial charge is 0.314 e. The molecule has 2 unspecified atom stereocenters. The Balaban J connectivity index is 1.56. The molecule has 1 aromatic carbocycles. The van der Waals surface area contributed by atoms with Crippen molar-refractivity contribution < 1.29 is 26.7 Å². The van der Waals surface area contributed by atoms with Crippen LogP contribution < -0.4 is 0 Å². The molecule has 0 saturated heterocycles. The molecule has 1 aliphatic rings. The van der Waals surface area contributed by atoms with Crippen molar-refractivity contribution in [3.8, 4) is 11.5 Å². The van der Waals surface area contributed by atoms with E-state index < -0.39 is 34.5 Å². The van der Waals surface area contributed by atoms with Gasteiger partial charge in [-0.25, -0.2) is 28.4 Å². The van der Waals surface area contributed by atoms with Gasteiger partial charge in [0, 0.05) is 36.9 Å². The lowest BCUT2D eigenvalue weighted by Gasteiger charge is -2.28. The van der Waals surface area contributed by atoms with Crippen molar-refractivity contribution in [2.45, 2.75) is 30.0 Å². The van der Waals surface area contributed by atoms with Crippen molar-refractivity contribution in [3.63, 3.8) is 0 Å². The molecule has 0 amide bonds. The molecule has 3 aromatic heterocycles. The number of benzene rings is 1. The largest absolute Gasteiger partial charge is 0.415 e. The molecule has 14 heteroatoms. The molecule has 1 aliphatic heterocycles. The van der Waals surface area contributed by atoms with Gasteiger partial charge < -0.3 is 9.52 Å². The fraction of sp³-hybridized carbons (Fsp3) is 0.200. The normalized spacial score (nSPS) is 16.9. The van der Waals surface area contributed by atoms with E-state index in [4.69, 9.17) is 4.42 Å². The van der Waals surface area contributed by atoms with Crippen LogP contribution in [0.25, 0.3) is 11.5 Å². The minimum Gasteiger partial charge on any atom is -0.415 e. The third-order valence-corrected chi connectivity index (χ3v) is 7.07. The molecular weight excluding hydrogens is 472 g/mol. The first-order chi connectivity index (χ1) is 16.4. The Morgan fingerprint density at radius 2 is 1.62 bits per heavy atom. The maximum atomic E-state index is 13.6. The van der Waals surface area contributed by atoms with Gasteiger partial charge in [0.2, 0.25) is 15.9 Å². The summed E-state index contributed by atoms with van der Waals surface area (Å²) in [4.78, 5) is 16.3. The number of rotatable bonds is 6. The highest BCUT2D eigenvalue weighted by molar-refractivity contribution is 7.89. The van der Waals surface area contributed by atoms with E-state index in [1.165, 1.54) is 43.0 Å². The molecule has 0 bridgehead atoms. The number of alkyl halides is 2. The standard InChI is InChI=1S/C20H15F2N7O4S/c21-16(22)20-28-27-19(33-20)11-3-4-12-10-29(34(31,32)13(12)9-11)14(17-23-5-1-6-24-17)15(30)18-25-7-2-8-26-18/h1-9,14-16,30H,10H2. The molecule has 5 rings (SSSR count). The first-order valence-electron chi connectivity index (χ1n) is 9.85. The van der Waals surface area contributed by atoms with E-state index >= 15 is 0 Å². The molecule has 174 valence electrons. The monoisotopic (exact) mass is 487 g/mol. The number of halogens is 2. The molecule has 1 N–H and O–H groups in total. The average Bonchev–Trinajstić information content (AvgIpc) is 3.44. The zero-order valence-corrected chi connectivity index (χ0v) is 17.9. The third-order valence-electron chi connectivity index (χ3n) is 5.16. The maximum Gasteiger partial charge on any atom is 0.314 e. The zero-order chi connectivity index (χ0) is 23.9. The molecule has 11 nitrogen and oxygen atoms in total. The topological polar surface area (TPSA) is 148 Å². The minimum atomic E-state index is -4.19. The van der Waals surface area contributed by atoms with Crippen LogP contribution in [0.15, 0.2) is 64.4 Å².